The minimum absolute atomic E-state index is 0.0604. The van der Waals surface area contributed by atoms with Crippen molar-refractivity contribution in [3.8, 4) is 0 Å². The SMILES string of the molecule is Cc1ccc(C(=O)O)c2c1C(=O)C(=O)N2. The second-order valence-electron chi connectivity index (χ2n) is 3.27. The molecule has 1 aliphatic heterocycles. The van der Waals surface area contributed by atoms with E-state index in [1.165, 1.54) is 12.1 Å². The topological polar surface area (TPSA) is 83.5 Å². The lowest BCUT2D eigenvalue weighted by Crippen LogP contribution is -2.13. The summed E-state index contributed by atoms with van der Waals surface area (Å²) in [5, 5.41) is 11.1. The van der Waals surface area contributed by atoms with Crippen LogP contribution in [0.2, 0.25) is 0 Å². The average molecular weight is 205 g/mol. The van der Waals surface area contributed by atoms with E-state index in [1.807, 2.05) is 0 Å². The average Bonchev–Trinajstić information content (AvgIpc) is 2.44. The number of carbonyl (C=O) groups excluding carboxylic acids is 2. The second-order valence-corrected chi connectivity index (χ2v) is 3.27. The van der Waals surface area contributed by atoms with Gasteiger partial charge in [0.25, 0.3) is 11.7 Å². The van der Waals surface area contributed by atoms with Crippen molar-refractivity contribution in [1.82, 2.24) is 0 Å². The first kappa shape index (κ1) is 9.39. The van der Waals surface area contributed by atoms with Crippen LogP contribution in [0.4, 0.5) is 5.69 Å². The highest BCUT2D eigenvalue weighted by molar-refractivity contribution is 6.52. The predicted molar refractivity (Wildman–Crippen MR) is 51.1 cm³/mol. The molecule has 1 aliphatic rings. The molecule has 5 nitrogen and oxygen atoms in total. The van der Waals surface area contributed by atoms with Gasteiger partial charge in [-0.2, -0.15) is 0 Å². The number of aryl methyl sites for hydroxylation is 1. The maximum Gasteiger partial charge on any atom is 0.337 e. The summed E-state index contributed by atoms with van der Waals surface area (Å²) in [7, 11) is 0. The van der Waals surface area contributed by atoms with Crippen LogP contribution in [0.5, 0.6) is 0 Å². The third-order valence-electron chi connectivity index (χ3n) is 2.32. The van der Waals surface area contributed by atoms with E-state index in [1.54, 1.807) is 6.92 Å². The Kier molecular flexibility index (Phi) is 1.82. The summed E-state index contributed by atoms with van der Waals surface area (Å²) in [5.41, 5.74) is 0.811. The van der Waals surface area contributed by atoms with E-state index in [0.29, 0.717) is 5.56 Å². The third kappa shape index (κ3) is 1.20. The largest absolute Gasteiger partial charge is 0.478 e. The Morgan fingerprint density at radius 2 is 2.00 bits per heavy atom. The van der Waals surface area contributed by atoms with E-state index >= 15 is 0 Å². The monoisotopic (exact) mass is 205 g/mol. The fourth-order valence-corrected chi connectivity index (χ4v) is 1.59. The Morgan fingerprint density at radius 1 is 1.33 bits per heavy atom. The van der Waals surface area contributed by atoms with Crippen LogP contribution in [0, 0.1) is 6.92 Å². The van der Waals surface area contributed by atoms with Crippen molar-refractivity contribution in [2.75, 3.05) is 5.32 Å². The molecular formula is C10H7NO4. The van der Waals surface area contributed by atoms with Gasteiger partial charge in [0.1, 0.15) is 0 Å². The molecule has 0 aliphatic carbocycles. The van der Waals surface area contributed by atoms with Crippen molar-refractivity contribution in [3.05, 3.63) is 28.8 Å². The Balaban J connectivity index is 2.75. The molecule has 2 rings (SSSR count). The highest BCUT2D eigenvalue weighted by atomic mass is 16.4. The summed E-state index contributed by atoms with van der Waals surface area (Å²) in [4.78, 5) is 33.3. The van der Waals surface area contributed by atoms with Gasteiger partial charge in [-0.25, -0.2) is 4.79 Å². The molecule has 0 unspecified atom stereocenters. The van der Waals surface area contributed by atoms with Gasteiger partial charge in [0.2, 0.25) is 0 Å². The summed E-state index contributed by atoms with van der Waals surface area (Å²) < 4.78 is 0. The molecule has 0 atom stereocenters. The number of fused-ring (bicyclic) bond motifs is 1. The molecule has 0 aromatic heterocycles. The van der Waals surface area contributed by atoms with E-state index < -0.39 is 17.7 Å². The van der Waals surface area contributed by atoms with Crippen molar-refractivity contribution in [2.24, 2.45) is 0 Å². The third-order valence-corrected chi connectivity index (χ3v) is 2.32. The maximum atomic E-state index is 11.4. The Bertz CT molecular complexity index is 504. The van der Waals surface area contributed by atoms with Crippen LogP contribution < -0.4 is 5.32 Å². The van der Waals surface area contributed by atoms with E-state index in [9.17, 15) is 14.4 Å². The van der Waals surface area contributed by atoms with Gasteiger partial charge in [-0.3, -0.25) is 9.59 Å². The standard InChI is InChI=1S/C10H7NO4/c1-4-2-3-5(10(14)15)7-6(4)8(12)9(13)11-7/h2-3H,1H3,(H,14,15)(H,11,12,13). The van der Waals surface area contributed by atoms with Crippen LogP contribution in [0.15, 0.2) is 12.1 Å². The van der Waals surface area contributed by atoms with Crippen molar-refractivity contribution in [2.45, 2.75) is 6.92 Å². The van der Waals surface area contributed by atoms with Gasteiger partial charge in [0.15, 0.2) is 0 Å². The number of aromatic carboxylic acids is 1. The Hall–Kier alpha value is -2.17. The molecule has 0 radical (unpaired) electrons. The van der Waals surface area contributed by atoms with Crippen molar-refractivity contribution >= 4 is 23.3 Å². The fraction of sp³-hybridized carbons (Fsp3) is 0.100. The molecule has 1 amide bonds. The number of anilines is 1. The summed E-state index contributed by atoms with van der Waals surface area (Å²) >= 11 is 0. The molecule has 0 fully saturated rings. The zero-order valence-corrected chi connectivity index (χ0v) is 7.83. The minimum Gasteiger partial charge on any atom is -0.478 e. The number of nitrogens with one attached hydrogen (secondary N) is 1. The van der Waals surface area contributed by atoms with Crippen LogP contribution in [0.1, 0.15) is 26.3 Å². The summed E-state index contributed by atoms with van der Waals surface area (Å²) in [6.45, 7) is 1.66. The number of amides is 1. The number of carboxylic acid groups (broad SMARTS) is 1. The van der Waals surface area contributed by atoms with Gasteiger partial charge in [0, 0.05) is 0 Å². The number of benzene rings is 1. The molecule has 0 saturated heterocycles. The molecule has 5 heteroatoms. The lowest BCUT2D eigenvalue weighted by atomic mass is 10.0. The van der Waals surface area contributed by atoms with Crippen LogP contribution in [-0.2, 0) is 4.79 Å². The Morgan fingerprint density at radius 3 is 2.60 bits per heavy atom. The van der Waals surface area contributed by atoms with E-state index in [2.05, 4.69) is 5.32 Å². The molecule has 0 spiro atoms. The number of Topliss-reactive ketones (excluding diaryl/α,β-unsaturated/α-hetero) is 1. The van der Waals surface area contributed by atoms with E-state index in [4.69, 9.17) is 5.11 Å². The van der Waals surface area contributed by atoms with Crippen molar-refractivity contribution < 1.29 is 19.5 Å². The molecule has 1 heterocycles. The van der Waals surface area contributed by atoms with Crippen molar-refractivity contribution in [3.63, 3.8) is 0 Å². The van der Waals surface area contributed by atoms with Crippen molar-refractivity contribution in [1.29, 1.82) is 0 Å². The second kappa shape index (κ2) is 2.91. The smallest absolute Gasteiger partial charge is 0.337 e. The zero-order valence-electron chi connectivity index (χ0n) is 7.83. The van der Waals surface area contributed by atoms with Gasteiger partial charge < -0.3 is 10.4 Å². The van der Waals surface area contributed by atoms with Crippen LogP contribution in [0.25, 0.3) is 0 Å². The van der Waals surface area contributed by atoms with E-state index in [0.717, 1.165) is 0 Å². The predicted octanol–water partition coefficient (Wildman–Crippen LogP) is 0.828. The molecule has 15 heavy (non-hydrogen) atoms. The number of carbonyl (C=O) groups is 3. The number of rotatable bonds is 1. The van der Waals surface area contributed by atoms with Crippen LogP contribution in [-0.4, -0.2) is 22.8 Å². The summed E-state index contributed by atoms with van der Waals surface area (Å²) in [5.74, 6) is -2.62. The first-order chi connectivity index (χ1) is 7.02. The number of ketones is 1. The lowest BCUT2D eigenvalue weighted by Gasteiger charge is -2.04. The first-order valence-electron chi connectivity index (χ1n) is 4.25. The molecule has 1 aromatic carbocycles. The fourth-order valence-electron chi connectivity index (χ4n) is 1.59. The normalized spacial score (nSPS) is 13.7. The molecule has 2 N–H and O–H groups in total. The molecule has 0 bridgehead atoms. The van der Waals surface area contributed by atoms with Crippen LogP contribution >= 0.6 is 0 Å². The zero-order chi connectivity index (χ0) is 11.2. The highest BCUT2D eigenvalue weighted by Crippen LogP contribution is 2.29. The number of carboxylic acids is 1. The molecular weight excluding hydrogens is 198 g/mol. The number of hydrogen-bond donors (Lipinski definition) is 2. The summed E-state index contributed by atoms with van der Waals surface area (Å²) in [6.07, 6.45) is 0. The summed E-state index contributed by atoms with van der Waals surface area (Å²) in [6, 6.07) is 2.88. The lowest BCUT2D eigenvalue weighted by molar-refractivity contribution is -0.112. The van der Waals surface area contributed by atoms with Crippen LogP contribution in [0.3, 0.4) is 0 Å². The van der Waals surface area contributed by atoms with Gasteiger partial charge >= 0.3 is 5.97 Å². The van der Waals surface area contributed by atoms with Gasteiger partial charge in [-0.05, 0) is 18.6 Å². The minimum atomic E-state index is -1.17. The van der Waals surface area contributed by atoms with Gasteiger partial charge in [-0.15, -0.1) is 0 Å². The maximum absolute atomic E-state index is 11.4. The van der Waals surface area contributed by atoms with Gasteiger partial charge in [-0.1, -0.05) is 6.07 Å². The highest BCUT2D eigenvalue weighted by Gasteiger charge is 2.32. The molecule has 1 aromatic rings. The first-order valence-corrected chi connectivity index (χ1v) is 4.25. The number of hydrogen-bond acceptors (Lipinski definition) is 3. The molecule has 0 saturated carbocycles. The Labute approximate surface area is 84.7 Å². The molecule has 76 valence electrons. The van der Waals surface area contributed by atoms with Gasteiger partial charge in [0.05, 0.1) is 16.8 Å². The quantitative estimate of drug-likeness (QED) is 0.665. The van der Waals surface area contributed by atoms with E-state index in [-0.39, 0.29) is 16.8 Å².